The number of hydrogen-bond acceptors (Lipinski definition) is 6. The summed E-state index contributed by atoms with van der Waals surface area (Å²) in [5.74, 6) is -0.482. The molecule has 0 spiro atoms. The van der Waals surface area contributed by atoms with Crippen molar-refractivity contribution in [3.8, 4) is 0 Å². The molecule has 2 rings (SSSR count). The number of methoxy groups -OCH3 is 1. The van der Waals surface area contributed by atoms with E-state index in [9.17, 15) is 18.0 Å². The van der Waals surface area contributed by atoms with Crippen molar-refractivity contribution in [3.63, 3.8) is 0 Å². The molecule has 8 nitrogen and oxygen atoms in total. The Morgan fingerprint density at radius 2 is 1.83 bits per heavy atom. The first-order chi connectivity index (χ1) is 13.6. The van der Waals surface area contributed by atoms with E-state index in [1.807, 2.05) is 20.9 Å². The van der Waals surface area contributed by atoms with Gasteiger partial charge in [-0.05, 0) is 31.2 Å². The maximum absolute atomic E-state index is 13.0. The fourth-order valence-corrected chi connectivity index (χ4v) is 4.66. The van der Waals surface area contributed by atoms with Gasteiger partial charge in [-0.3, -0.25) is 9.59 Å². The molecular formula is C20H31N3O5S. The number of benzene rings is 1. The van der Waals surface area contributed by atoms with Crippen molar-refractivity contribution in [1.82, 2.24) is 14.1 Å². The Labute approximate surface area is 173 Å². The lowest BCUT2D eigenvalue weighted by molar-refractivity contribution is -0.140. The number of nitrogens with zero attached hydrogens (tertiary/aromatic N) is 3. The molecule has 0 radical (unpaired) electrons. The van der Waals surface area contributed by atoms with Crippen LogP contribution < -0.4 is 0 Å². The second kappa shape index (κ2) is 10.2. The molecule has 1 aliphatic rings. The van der Waals surface area contributed by atoms with Gasteiger partial charge >= 0.3 is 5.97 Å². The molecule has 0 N–H and O–H groups in total. The Morgan fingerprint density at radius 3 is 2.41 bits per heavy atom. The number of carbonyl (C=O) groups excluding carboxylic acids is 2. The van der Waals surface area contributed by atoms with Crippen LogP contribution >= 0.6 is 0 Å². The Bertz CT molecular complexity index is 817. The van der Waals surface area contributed by atoms with Gasteiger partial charge in [0.25, 0.3) is 5.91 Å². The van der Waals surface area contributed by atoms with E-state index in [1.54, 1.807) is 17.0 Å². The van der Waals surface area contributed by atoms with E-state index in [-0.39, 0.29) is 29.7 Å². The average Bonchev–Trinajstić information content (AvgIpc) is 2.70. The molecule has 0 aromatic heterocycles. The Kier molecular flexibility index (Phi) is 8.18. The largest absolute Gasteiger partial charge is 0.469 e. The number of amides is 1. The molecule has 29 heavy (non-hydrogen) atoms. The first kappa shape index (κ1) is 23.3. The van der Waals surface area contributed by atoms with Gasteiger partial charge in [0.15, 0.2) is 0 Å². The Morgan fingerprint density at radius 1 is 1.17 bits per heavy atom. The van der Waals surface area contributed by atoms with Crippen LogP contribution in [0.2, 0.25) is 0 Å². The smallest absolute Gasteiger partial charge is 0.307 e. The van der Waals surface area contributed by atoms with Crippen molar-refractivity contribution in [3.05, 3.63) is 29.8 Å². The molecule has 0 bridgehead atoms. The zero-order valence-corrected chi connectivity index (χ0v) is 18.4. The maximum atomic E-state index is 13.0. The first-order valence-corrected chi connectivity index (χ1v) is 11.2. The fraction of sp³-hybridized carbons (Fsp3) is 0.600. The summed E-state index contributed by atoms with van der Waals surface area (Å²) < 4.78 is 32.1. The monoisotopic (exact) mass is 425 g/mol. The van der Waals surface area contributed by atoms with Crippen molar-refractivity contribution < 1.29 is 22.7 Å². The standard InChI is InChI=1S/C20H31N3O5S/c1-16(2)15-22(9-8-19(24)28-4)20(25)17-6-5-7-18(14-17)29(26,27)23-12-10-21(3)11-13-23/h5-7,14,16H,8-13,15H2,1-4H3. The van der Waals surface area contributed by atoms with Gasteiger partial charge in [-0.1, -0.05) is 19.9 Å². The molecule has 162 valence electrons. The van der Waals surface area contributed by atoms with Crippen LogP contribution in [0.25, 0.3) is 0 Å². The Balaban J connectivity index is 2.22. The van der Waals surface area contributed by atoms with E-state index >= 15 is 0 Å². The van der Waals surface area contributed by atoms with Crippen molar-refractivity contribution in [1.29, 1.82) is 0 Å². The molecule has 1 aliphatic heterocycles. The summed E-state index contributed by atoms with van der Waals surface area (Å²) in [4.78, 5) is 28.3. The van der Waals surface area contributed by atoms with Crippen LogP contribution in [0.5, 0.6) is 0 Å². The van der Waals surface area contributed by atoms with Gasteiger partial charge in [-0.25, -0.2) is 8.42 Å². The van der Waals surface area contributed by atoms with E-state index in [0.29, 0.717) is 38.3 Å². The van der Waals surface area contributed by atoms with Crippen LogP contribution in [-0.4, -0.2) is 87.8 Å². The highest BCUT2D eigenvalue weighted by atomic mass is 32.2. The number of rotatable bonds is 8. The van der Waals surface area contributed by atoms with Gasteiger partial charge in [0.05, 0.1) is 18.4 Å². The lowest BCUT2D eigenvalue weighted by Crippen LogP contribution is -2.47. The molecule has 0 atom stereocenters. The topological polar surface area (TPSA) is 87.2 Å². The normalized spacial score (nSPS) is 16.0. The fourth-order valence-electron chi connectivity index (χ4n) is 3.19. The summed E-state index contributed by atoms with van der Waals surface area (Å²) in [6.07, 6.45) is 0.0915. The second-order valence-corrected chi connectivity index (χ2v) is 9.64. The summed E-state index contributed by atoms with van der Waals surface area (Å²) in [6.45, 7) is 6.84. The van der Waals surface area contributed by atoms with Crippen LogP contribution in [0, 0.1) is 5.92 Å². The maximum Gasteiger partial charge on any atom is 0.307 e. The SMILES string of the molecule is COC(=O)CCN(CC(C)C)C(=O)c1cccc(S(=O)(=O)N2CCN(C)CC2)c1. The van der Waals surface area contributed by atoms with Crippen LogP contribution in [0.15, 0.2) is 29.2 Å². The minimum atomic E-state index is -3.66. The van der Waals surface area contributed by atoms with Gasteiger partial charge in [0, 0.05) is 44.8 Å². The minimum Gasteiger partial charge on any atom is -0.469 e. The molecule has 1 amide bonds. The number of likely N-dealkylation sites (N-methyl/N-ethyl adjacent to an activating group) is 1. The highest BCUT2D eigenvalue weighted by molar-refractivity contribution is 7.89. The molecule has 1 saturated heterocycles. The number of carbonyl (C=O) groups is 2. The average molecular weight is 426 g/mol. The molecule has 0 saturated carbocycles. The van der Waals surface area contributed by atoms with Crippen LogP contribution in [0.1, 0.15) is 30.6 Å². The zero-order valence-electron chi connectivity index (χ0n) is 17.6. The minimum absolute atomic E-state index is 0.0915. The van der Waals surface area contributed by atoms with E-state index in [1.165, 1.54) is 23.5 Å². The van der Waals surface area contributed by atoms with E-state index in [4.69, 9.17) is 0 Å². The van der Waals surface area contributed by atoms with Gasteiger partial charge in [0.1, 0.15) is 0 Å². The summed E-state index contributed by atoms with van der Waals surface area (Å²) in [7, 11) is -0.390. The molecule has 1 aromatic rings. The lowest BCUT2D eigenvalue weighted by Gasteiger charge is -2.31. The van der Waals surface area contributed by atoms with Crippen LogP contribution in [0.4, 0.5) is 0 Å². The molecule has 1 fully saturated rings. The van der Waals surface area contributed by atoms with Crippen molar-refractivity contribution >= 4 is 21.9 Å². The van der Waals surface area contributed by atoms with Crippen LogP contribution in [0.3, 0.4) is 0 Å². The number of sulfonamides is 1. The van der Waals surface area contributed by atoms with Gasteiger partial charge in [0.2, 0.25) is 10.0 Å². The molecule has 0 unspecified atom stereocenters. The third-order valence-electron chi connectivity index (χ3n) is 4.87. The first-order valence-electron chi connectivity index (χ1n) is 9.80. The molecule has 9 heteroatoms. The highest BCUT2D eigenvalue weighted by Gasteiger charge is 2.28. The van der Waals surface area contributed by atoms with Crippen LogP contribution in [-0.2, 0) is 19.6 Å². The third-order valence-corrected chi connectivity index (χ3v) is 6.76. The predicted octanol–water partition coefficient (Wildman–Crippen LogP) is 1.28. The lowest BCUT2D eigenvalue weighted by atomic mass is 10.1. The predicted molar refractivity (Wildman–Crippen MR) is 110 cm³/mol. The molecule has 0 aliphatic carbocycles. The van der Waals surface area contributed by atoms with E-state index < -0.39 is 16.0 Å². The summed E-state index contributed by atoms with van der Waals surface area (Å²) >= 11 is 0. The quantitative estimate of drug-likeness (QED) is 0.583. The van der Waals surface area contributed by atoms with Crippen molar-refractivity contribution in [2.24, 2.45) is 5.92 Å². The molecule has 1 aromatic carbocycles. The summed E-state index contributed by atoms with van der Waals surface area (Å²) in [5, 5.41) is 0. The van der Waals surface area contributed by atoms with Crippen molar-refractivity contribution in [2.45, 2.75) is 25.2 Å². The zero-order chi connectivity index (χ0) is 21.6. The Hall–Kier alpha value is -1.97. The summed E-state index contributed by atoms with van der Waals surface area (Å²) in [5.41, 5.74) is 0.297. The van der Waals surface area contributed by atoms with Crippen molar-refractivity contribution in [2.75, 3.05) is 53.4 Å². The number of esters is 1. The third kappa shape index (κ3) is 6.25. The molecule has 1 heterocycles. The number of piperazine rings is 1. The number of ether oxygens (including phenoxy) is 1. The highest BCUT2D eigenvalue weighted by Crippen LogP contribution is 2.20. The van der Waals surface area contributed by atoms with E-state index in [2.05, 4.69) is 9.64 Å². The van der Waals surface area contributed by atoms with E-state index in [0.717, 1.165) is 0 Å². The second-order valence-electron chi connectivity index (χ2n) is 7.71. The van der Waals surface area contributed by atoms with Gasteiger partial charge in [-0.2, -0.15) is 4.31 Å². The van der Waals surface area contributed by atoms with Gasteiger partial charge < -0.3 is 14.5 Å². The molecular weight excluding hydrogens is 394 g/mol. The summed E-state index contributed by atoms with van der Waals surface area (Å²) in [6, 6.07) is 6.15. The van der Waals surface area contributed by atoms with Gasteiger partial charge in [-0.15, -0.1) is 0 Å². The number of hydrogen-bond donors (Lipinski definition) is 0.